The molecule has 1 aliphatic rings. The normalized spacial score (nSPS) is 19.0. The van der Waals surface area contributed by atoms with Crippen molar-refractivity contribution < 1.29 is 19.0 Å². The second kappa shape index (κ2) is 5.55. The van der Waals surface area contributed by atoms with Crippen molar-refractivity contribution in [1.29, 1.82) is 5.26 Å². The molecular weight excluding hydrogens is 319 g/mol. The van der Waals surface area contributed by atoms with Crippen LogP contribution in [0, 0.1) is 17.1 Å². The summed E-state index contributed by atoms with van der Waals surface area (Å²) in [7, 11) is 0. The molecule has 1 N–H and O–H groups in total. The Labute approximate surface area is 117 Å². The summed E-state index contributed by atoms with van der Waals surface area (Å²) in [5.41, 5.74) is 0.322. The maximum atomic E-state index is 14.2. The number of hydrogen-bond donors (Lipinski definition) is 1. The van der Waals surface area contributed by atoms with Crippen molar-refractivity contribution >= 4 is 27.6 Å². The maximum absolute atomic E-state index is 14.2. The van der Waals surface area contributed by atoms with Gasteiger partial charge in [0.25, 0.3) is 0 Å². The van der Waals surface area contributed by atoms with Crippen molar-refractivity contribution in [3.8, 4) is 6.07 Å². The number of carbonyl (C=O) groups is 1. The van der Waals surface area contributed by atoms with Gasteiger partial charge in [-0.25, -0.2) is 9.18 Å². The SMILES string of the molecule is N#Cc1ccc(N2CCOCC2C(=O)O)c(F)c1Br. The highest BCUT2D eigenvalue weighted by molar-refractivity contribution is 9.10. The largest absolute Gasteiger partial charge is 0.480 e. The molecule has 0 aliphatic carbocycles. The van der Waals surface area contributed by atoms with Crippen LogP contribution < -0.4 is 4.90 Å². The third-order valence-electron chi connectivity index (χ3n) is 2.91. The highest BCUT2D eigenvalue weighted by atomic mass is 79.9. The lowest BCUT2D eigenvalue weighted by molar-refractivity contribution is -0.141. The van der Waals surface area contributed by atoms with Crippen LogP contribution in [0.1, 0.15) is 5.56 Å². The zero-order valence-corrected chi connectivity index (χ0v) is 11.4. The van der Waals surface area contributed by atoms with Crippen molar-refractivity contribution in [2.75, 3.05) is 24.7 Å². The van der Waals surface area contributed by atoms with Gasteiger partial charge in [-0.05, 0) is 28.1 Å². The fraction of sp³-hybridized carbons (Fsp3) is 0.333. The fourth-order valence-electron chi connectivity index (χ4n) is 1.94. The van der Waals surface area contributed by atoms with E-state index in [9.17, 15) is 9.18 Å². The van der Waals surface area contributed by atoms with E-state index in [1.54, 1.807) is 0 Å². The first-order chi connectivity index (χ1) is 9.06. The number of carboxylic acid groups (broad SMARTS) is 1. The van der Waals surface area contributed by atoms with Crippen molar-refractivity contribution in [2.45, 2.75) is 6.04 Å². The van der Waals surface area contributed by atoms with Gasteiger partial charge in [-0.3, -0.25) is 0 Å². The summed E-state index contributed by atoms with van der Waals surface area (Å²) < 4.78 is 19.3. The van der Waals surface area contributed by atoms with Gasteiger partial charge in [0.15, 0.2) is 11.9 Å². The van der Waals surface area contributed by atoms with Crippen molar-refractivity contribution in [3.05, 3.63) is 28.0 Å². The Hall–Kier alpha value is -1.65. The third-order valence-corrected chi connectivity index (χ3v) is 3.68. The number of nitrogens with zero attached hydrogens (tertiary/aromatic N) is 2. The summed E-state index contributed by atoms with van der Waals surface area (Å²) >= 11 is 3.01. The first-order valence-corrected chi connectivity index (χ1v) is 6.31. The quantitative estimate of drug-likeness (QED) is 0.895. The number of hydrogen-bond acceptors (Lipinski definition) is 4. The topological polar surface area (TPSA) is 73.6 Å². The lowest BCUT2D eigenvalue weighted by Crippen LogP contribution is -2.50. The number of rotatable bonds is 2. The molecule has 1 saturated heterocycles. The minimum atomic E-state index is -1.07. The second-order valence-corrected chi connectivity index (χ2v) is 4.79. The number of morpholine rings is 1. The summed E-state index contributed by atoms with van der Waals surface area (Å²) in [5, 5.41) is 17.9. The van der Waals surface area contributed by atoms with E-state index in [-0.39, 0.29) is 28.9 Å². The van der Waals surface area contributed by atoms with E-state index in [2.05, 4.69) is 15.9 Å². The van der Waals surface area contributed by atoms with E-state index < -0.39 is 17.8 Å². The van der Waals surface area contributed by atoms with Gasteiger partial charge in [-0.15, -0.1) is 0 Å². The summed E-state index contributed by atoms with van der Waals surface area (Å²) in [6.45, 7) is 0.624. The summed E-state index contributed by atoms with van der Waals surface area (Å²) in [5.74, 6) is -1.70. The standard InChI is InChI=1S/C12H10BrFN2O3/c13-10-7(5-15)1-2-8(11(10)14)16-3-4-19-6-9(16)12(17)18/h1-2,9H,3-4,6H2,(H,17,18). The van der Waals surface area contributed by atoms with Crippen LogP contribution in [-0.4, -0.2) is 36.9 Å². The molecule has 1 aliphatic heterocycles. The van der Waals surface area contributed by atoms with E-state index >= 15 is 0 Å². The number of ether oxygens (including phenoxy) is 1. The number of carboxylic acids is 1. The molecular formula is C12H10BrFN2O3. The van der Waals surface area contributed by atoms with Crippen LogP contribution >= 0.6 is 15.9 Å². The van der Waals surface area contributed by atoms with Gasteiger partial charge in [0.05, 0.1) is 28.9 Å². The zero-order valence-electron chi connectivity index (χ0n) is 9.77. The van der Waals surface area contributed by atoms with Gasteiger partial charge in [0, 0.05) is 6.54 Å². The molecule has 1 aromatic rings. The molecule has 5 nitrogen and oxygen atoms in total. The average molecular weight is 329 g/mol. The number of aliphatic carboxylic acids is 1. The number of anilines is 1. The van der Waals surface area contributed by atoms with E-state index in [1.165, 1.54) is 17.0 Å². The van der Waals surface area contributed by atoms with Crippen LogP contribution in [0.4, 0.5) is 10.1 Å². The highest BCUT2D eigenvalue weighted by Gasteiger charge is 2.31. The van der Waals surface area contributed by atoms with Gasteiger partial charge < -0.3 is 14.7 Å². The molecule has 0 spiro atoms. The number of halogens is 2. The molecule has 1 unspecified atom stereocenters. The minimum Gasteiger partial charge on any atom is -0.480 e. The van der Waals surface area contributed by atoms with Crippen LogP contribution in [0.5, 0.6) is 0 Å². The van der Waals surface area contributed by atoms with Gasteiger partial charge in [0.2, 0.25) is 0 Å². The first-order valence-electron chi connectivity index (χ1n) is 5.51. The Morgan fingerprint density at radius 1 is 1.63 bits per heavy atom. The van der Waals surface area contributed by atoms with E-state index in [0.29, 0.717) is 6.61 Å². The van der Waals surface area contributed by atoms with Gasteiger partial charge >= 0.3 is 5.97 Å². The molecule has 2 rings (SSSR count). The molecule has 19 heavy (non-hydrogen) atoms. The predicted octanol–water partition coefficient (Wildman–Crippen LogP) is 1.75. The van der Waals surface area contributed by atoms with Crippen LogP contribution in [0.3, 0.4) is 0 Å². The summed E-state index contributed by atoms with van der Waals surface area (Å²) in [6, 6.07) is 3.80. The Morgan fingerprint density at radius 2 is 2.37 bits per heavy atom. The van der Waals surface area contributed by atoms with Crippen molar-refractivity contribution in [3.63, 3.8) is 0 Å². The molecule has 1 fully saturated rings. The van der Waals surface area contributed by atoms with E-state index in [0.717, 1.165) is 0 Å². The van der Waals surface area contributed by atoms with Crippen LogP contribution in [0.25, 0.3) is 0 Å². The number of nitriles is 1. The summed E-state index contributed by atoms with van der Waals surface area (Å²) in [6.07, 6.45) is 0. The van der Waals surface area contributed by atoms with Crippen molar-refractivity contribution in [2.24, 2.45) is 0 Å². The van der Waals surface area contributed by atoms with Gasteiger partial charge in [-0.2, -0.15) is 5.26 Å². The fourth-order valence-corrected chi connectivity index (χ4v) is 2.37. The highest BCUT2D eigenvalue weighted by Crippen LogP contribution is 2.31. The average Bonchev–Trinajstić information content (AvgIpc) is 2.42. The molecule has 1 aromatic carbocycles. The predicted molar refractivity (Wildman–Crippen MR) is 68.4 cm³/mol. The van der Waals surface area contributed by atoms with Crippen LogP contribution in [0.2, 0.25) is 0 Å². The molecule has 0 aromatic heterocycles. The molecule has 0 saturated carbocycles. The zero-order chi connectivity index (χ0) is 14.0. The minimum absolute atomic E-state index is 0.00634. The van der Waals surface area contributed by atoms with Crippen LogP contribution in [0.15, 0.2) is 16.6 Å². The smallest absolute Gasteiger partial charge is 0.328 e. The van der Waals surface area contributed by atoms with Crippen molar-refractivity contribution in [1.82, 2.24) is 0 Å². The third kappa shape index (κ3) is 2.55. The molecule has 100 valence electrons. The Bertz CT molecular complexity index is 559. The lowest BCUT2D eigenvalue weighted by Gasteiger charge is -2.35. The molecule has 7 heteroatoms. The summed E-state index contributed by atoms with van der Waals surface area (Å²) in [4.78, 5) is 12.6. The lowest BCUT2D eigenvalue weighted by atomic mass is 10.1. The van der Waals surface area contributed by atoms with Crippen LogP contribution in [-0.2, 0) is 9.53 Å². The first kappa shape index (κ1) is 13.8. The van der Waals surface area contributed by atoms with E-state index in [1.807, 2.05) is 6.07 Å². The molecule has 0 amide bonds. The van der Waals surface area contributed by atoms with Gasteiger partial charge in [-0.1, -0.05) is 0 Å². The molecule has 0 bridgehead atoms. The molecule has 0 radical (unpaired) electrons. The maximum Gasteiger partial charge on any atom is 0.328 e. The van der Waals surface area contributed by atoms with E-state index in [4.69, 9.17) is 15.1 Å². The Balaban J connectivity index is 2.43. The van der Waals surface area contributed by atoms with Gasteiger partial charge in [0.1, 0.15) is 6.07 Å². The molecule has 1 atom stereocenters. The second-order valence-electron chi connectivity index (χ2n) is 3.99. The number of benzene rings is 1. The Kier molecular flexibility index (Phi) is 4.02. The monoisotopic (exact) mass is 328 g/mol. The Morgan fingerprint density at radius 3 is 3.00 bits per heavy atom. The molecule has 1 heterocycles.